The molecular formula is C19H26FNO. The van der Waals surface area contributed by atoms with Gasteiger partial charge in [-0.15, -0.1) is 0 Å². The highest BCUT2D eigenvalue weighted by Gasteiger charge is 2.38. The summed E-state index contributed by atoms with van der Waals surface area (Å²) in [6.07, 6.45) is 8.81. The van der Waals surface area contributed by atoms with Gasteiger partial charge in [0.05, 0.1) is 6.42 Å². The van der Waals surface area contributed by atoms with Crippen LogP contribution in [0.5, 0.6) is 0 Å². The highest BCUT2D eigenvalue weighted by atomic mass is 19.1. The molecule has 2 aliphatic carbocycles. The van der Waals surface area contributed by atoms with Crippen LogP contribution in [0, 0.1) is 11.7 Å². The maximum atomic E-state index is 13.0. The second-order valence-electron chi connectivity index (χ2n) is 6.92. The van der Waals surface area contributed by atoms with Crippen LogP contribution in [0.4, 0.5) is 4.39 Å². The van der Waals surface area contributed by atoms with Crippen LogP contribution in [0.2, 0.25) is 0 Å². The summed E-state index contributed by atoms with van der Waals surface area (Å²) in [6, 6.07) is 7.24. The van der Waals surface area contributed by atoms with Gasteiger partial charge in [-0.1, -0.05) is 25.5 Å². The Kier molecular flexibility index (Phi) is 4.80. The summed E-state index contributed by atoms with van der Waals surface area (Å²) in [6.45, 7) is 2.27. The standard InChI is InChI=1S/C19H26FNO/c1-2-14-5-9-17(10-6-14)21(18-11-12-18)19(22)13-15-3-7-16(20)8-4-15/h3-4,7-8,14,17-18H,2,5-6,9-13H2,1H3. The predicted molar refractivity (Wildman–Crippen MR) is 86.0 cm³/mol. The maximum absolute atomic E-state index is 13.0. The van der Waals surface area contributed by atoms with E-state index in [9.17, 15) is 9.18 Å². The van der Waals surface area contributed by atoms with E-state index in [0.717, 1.165) is 37.2 Å². The SMILES string of the molecule is CCC1CCC(N(C(=O)Cc2ccc(F)cc2)C2CC2)CC1. The first-order valence-electron chi connectivity index (χ1n) is 8.73. The van der Waals surface area contributed by atoms with Crippen molar-refractivity contribution in [2.24, 2.45) is 5.92 Å². The van der Waals surface area contributed by atoms with E-state index in [0.29, 0.717) is 18.5 Å². The van der Waals surface area contributed by atoms with Gasteiger partial charge in [-0.3, -0.25) is 4.79 Å². The van der Waals surface area contributed by atoms with E-state index >= 15 is 0 Å². The van der Waals surface area contributed by atoms with Crippen molar-refractivity contribution in [1.29, 1.82) is 0 Å². The van der Waals surface area contributed by atoms with Crippen LogP contribution >= 0.6 is 0 Å². The van der Waals surface area contributed by atoms with E-state index < -0.39 is 0 Å². The molecule has 2 fully saturated rings. The summed E-state index contributed by atoms with van der Waals surface area (Å²) in [4.78, 5) is 14.9. The minimum Gasteiger partial charge on any atom is -0.336 e. The molecule has 2 saturated carbocycles. The van der Waals surface area contributed by atoms with Crippen LogP contribution in [0.3, 0.4) is 0 Å². The molecule has 22 heavy (non-hydrogen) atoms. The number of hydrogen-bond donors (Lipinski definition) is 0. The third-order valence-corrected chi connectivity index (χ3v) is 5.28. The molecule has 3 heteroatoms. The van der Waals surface area contributed by atoms with Crippen molar-refractivity contribution in [3.8, 4) is 0 Å². The summed E-state index contributed by atoms with van der Waals surface area (Å²) in [5, 5.41) is 0. The van der Waals surface area contributed by atoms with Crippen molar-refractivity contribution in [3.05, 3.63) is 35.6 Å². The molecule has 0 saturated heterocycles. The summed E-state index contributed by atoms with van der Waals surface area (Å²) in [5.41, 5.74) is 0.916. The first-order chi connectivity index (χ1) is 10.7. The molecule has 0 unspecified atom stereocenters. The van der Waals surface area contributed by atoms with Gasteiger partial charge >= 0.3 is 0 Å². The highest BCUT2D eigenvalue weighted by Crippen LogP contribution is 2.36. The molecule has 120 valence electrons. The molecule has 0 bridgehead atoms. The van der Waals surface area contributed by atoms with Gasteiger partial charge in [0.15, 0.2) is 0 Å². The minimum absolute atomic E-state index is 0.231. The lowest BCUT2D eigenvalue weighted by molar-refractivity contribution is -0.134. The number of hydrogen-bond acceptors (Lipinski definition) is 1. The molecule has 2 nitrogen and oxygen atoms in total. The third-order valence-electron chi connectivity index (χ3n) is 5.28. The van der Waals surface area contributed by atoms with E-state index in [4.69, 9.17) is 0 Å². The number of rotatable bonds is 5. The van der Waals surface area contributed by atoms with E-state index in [2.05, 4.69) is 11.8 Å². The number of carbonyl (C=O) groups excluding carboxylic acids is 1. The van der Waals surface area contributed by atoms with E-state index in [1.165, 1.54) is 31.4 Å². The molecule has 0 aliphatic heterocycles. The first kappa shape index (κ1) is 15.5. The Bertz CT molecular complexity index is 501. The number of nitrogens with zero attached hydrogens (tertiary/aromatic N) is 1. The molecule has 1 amide bonds. The summed E-state index contributed by atoms with van der Waals surface area (Å²) >= 11 is 0. The highest BCUT2D eigenvalue weighted by molar-refractivity contribution is 5.79. The molecule has 0 aromatic heterocycles. The number of halogens is 1. The zero-order chi connectivity index (χ0) is 15.5. The number of amides is 1. The van der Waals surface area contributed by atoms with Crippen molar-refractivity contribution in [2.75, 3.05) is 0 Å². The average Bonchev–Trinajstić information content (AvgIpc) is 3.35. The molecule has 0 spiro atoms. The van der Waals surface area contributed by atoms with Gasteiger partial charge in [-0.2, -0.15) is 0 Å². The molecular weight excluding hydrogens is 277 g/mol. The lowest BCUT2D eigenvalue weighted by Crippen LogP contribution is -2.44. The summed E-state index contributed by atoms with van der Waals surface area (Å²) < 4.78 is 13.0. The Morgan fingerprint density at radius 2 is 1.59 bits per heavy atom. The summed E-state index contributed by atoms with van der Waals surface area (Å²) in [7, 11) is 0. The van der Waals surface area contributed by atoms with Crippen molar-refractivity contribution >= 4 is 5.91 Å². The molecule has 1 aromatic rings. The largest absolute Gasteiger partial charge is 0.336 e. The molecule has 0 N–H and O–H groups in total. The third kappa shape index (κ3) is 3.68. The van der Waals surface area contributed by atoms with Crippen LogP contribution in [0.1, 0.15) is 57.4 Å². The molecule has 2 aliphatic rings. The van der Waals surface area contributed by atoms with Gasteiger partial charge in [-0.05, 0) is 62.1 Å². The van der Waals surface area contributed by atoms with Gasteiger partial charge < -0.3 is 4.90 Å². The fourth-order valence-electron chi connectivity index (χ4n) is 3.76. The van der Waals surface area contributed by atoms with Crippen molar-refractivity contribution < 1.29 is 9.18 Å². The lowest BCUT2D eigenvalue weighted by atomic mass is 9.83. The molecule has 3 rings (SSSR count). The van der Waals surface area contributed by atoms with Crippen LogP contribution in [0.15, 0.2) is 24.3 Å². The maximum Gasteiger partial charge on any atom is 0.227 e. The van der Waals surface area contributed by atoms with Gasteiger partial charge in [0.1, 0.15) is 5.82 Å². The van der Waals surface area contributed by atoms with Gasteiger partial charge in [-0.25, -0.2) is 4.39 Å². The Hall–Kier alpha value is -1.38. The lowest BCUT2D eigenvalue weighted by Gasteiger charge is -2.37. The molecule has 0 heterocycles. The van der Waals surface area contributed by atoms with Gasteiger partial charge in [0, 0.05) is 12.1 Å². The second kappa shape index (κ2) is 6.80. The average molecular weight is 303 g/mol. The van der Waals surface area contributed by atoms with Gasteiger partial charge in [0.25, 0.3) is 0 Å². The summed E-state index contributed by atoms with van der Waals surface area (Å²) in [5.74, 6) is 0.840. The predicted octanol–water partition coefficient (Wildman–Crippen LogP) is 4.33. The van der Waals surface area contributed by atoms with Crippen molar-refractivity contribution in [3.63, 3.8) is 0 Å². The zero-order valence-electron chi connectivity index (χ0n) is 13.4. The normalized spacial score (nSPS) is 25.0. The quantitative estimate of drug-likeness (QED) is 0.793. The second-order valence-corrected chi connectivity index (χ2v) is 6.92. The number of carbonyl (C=O) groups is 1. The smallest absolute Gasteiger partial charge is 0.227 e. The van der Waals surface area contributed by atoms with Crippen LogP contribution in [-0.2, 0) is 11.2 Å². The Morgan fingerprint density at radius 1 is 1.05 bits per heavy atom. The van der Waals surface area contributed by atoms with Crippen molar-refractivity contribution in [1.82, 2.24) is 4.90 Å². The Balaban J connectivity index is 1.63. The fraction of sp³-hybridized carbons (Fsp3) is 0.632. The monoisotopic (exact) mass is 303 g/mol. The minimum atomic E-state index is -0.242. The molecule has 0 atom stereocenters. The Labute approximate surface area is 132 Å². The van der Waals surface area contributed by atoms with E-state index in [1.807, 2.05) is 0 Å². The first-order valence-corrected chi connectivity index (χ1v) is 8.73. The van der Waals surface area contributed by atoms with E-state index in [-0.39, 0.29) is 11.7 Å². The topological polar surface area (TPSA) is 20.3 Å². The van der Waals surface area contributed by atoms with Crippen LogP contribution < -0.4 is 0 Å². The van der Waals surface area contributed by atoms with E-state index in [1.54, 1.807) is 12.1 Å². The van der Waals surface area contributed by atoms with Gasteiger partial charge in [0.2, 0.25) is 5.91 Å². The molecule has 0 radical (unpaired) electrons. The zero-order valence-corrected chi connectivity index (χ0v) is 13.4. The van der Waals surface area contributed by atoms with Crippen LogP contribution in [0.25, 0.3) is 0 Å². The molecule has 1 aromatic carbocycles. The number of benzene rings is 1. The van der Waals surface area contributed by atoms with Crippen LogP contribution in [-0.4, -0.2) is 22.9 Å². The van der Waals surface area contributed by atoms with Crippen molar-refractivity contribution in [2.45, 2.75) is 70.4 Å². The Morgan fingerprint density at radius 3 is 2.09 bits per heavy atom. The fourth-order valence-corrected chi connectivity index (χ4v) is 3.76.